The third-order valence-corrected chi connectivity index (χ3v) is 3.58. The van der Waals surface area contributed by atoms with Crippen molar-refractivity contribution in [2.75, 3.05) is 10.4 Å². The maximum Gasteiger partial charge on any atom is 0.433 e. The summed E-state index contributed by atoms with van der Waals surface area (Å²) in [5.74, 6) is 0. The molecule has 0 aromatic heterocycles. The monoisotopic (exact) mass is 334 g/mol. The van der Waals surface area contributed by atoms with Crippen LogP contribution in [0.15, 0.2) is 72.8 Å². The van der Waals surface area contributed by atoms with Gasteiger partial charge in [-0.1, -0.05) is 48.5 Å². The minimum absolute atomic E-state index is 0.452. The Morgan fingerprint density at radius 2 is 1.52 bits per heavy atom. The molecular weight excluding hydrogens is 312 g/mol. The van der Waals surface area contributed by atoms with Crippen molar-refractivity contribution in [2.45, 2.75) is 26.4 Å². The van der Waals surface area contributed by atoms with Gasteiger partial charge < -0.3 is 4.74 Å². The Balaban J connectivity index is 1.97. The minimum atomic E-state index is -0.579. The first kappa shape index (κ1) is 16.8. The van der Waals surface area contributed by atoms with Crippen molar-refractivity contribution in [3.63, 3.8) is 0 Å². The lowest BCUT2D eigenvalue weighted by Crippen LogP contribution is -2.40. The van der Waals surface area contributed by atoms with Crippen molar-refractivity contribution in [1.29, 1.82) is 0 Å². The molecule has 0 aliphatic carbocycles. The van der Waals surface area contributed by atoms with E-state index in [2.05, 4.69) is 5.43 Å². The number of carbonyl (C=O) groups is 1. The van der Waals surface area contributed by atoms with Gasteiger partial charge in [0.1, 0.15) is 5.60 Å². The molecule has 0 spiro atoms. The number of rotatable bonds is 3. The molecule has 1 N–H and O–H groups in total. The summed E-state index contributed by atoms with van der Waals surface area (Å²) in [4.78, 5) is 12.7. The zero-order valence-electron chi connectivity index (χ0n) is 14.7. The molecule has 0 fully saturated rings. The summed E-state index contributed by atoms with van der Waals surface area (Å²) in [6.07, 6.45) is -0.452. The highest BCUT2D eigenvalue weighted by Gasteiger charge is 2.24. The Labute approximate surface area is 148 Å². The van der Waals surface area contributed by atoms with Gasteiger partial charge in [0.05, 0.1) is 11.4 Å². The van der Waals surface area contributed by atoms with Crippen LogP contribution in [0.5, 0.6) is 0 Å². The molecule has 0 atom stereocenters. The van der Waals surface area contributed by atoms with Crippen molar-refractivity contribution in [2.24, 2.45) is 0 Å². The van der Waals surface area contributed by atoms with Gasteiger partial charge in [0, 0.05) is 0 Å². The molecular formula is C21H22N2O2. The highest BCUT2D eigenvalue weighted by molar-refractivity contribution is 5.94. The third-order valence-electron chi connectivity index (χ3n) is 3.58. The van der Waals surface area contributed by atoms with Crippen LogP contribution >= 0.6 is 0 Å². The Morgan fingerprint density at radius 3 is 2.20 bits per heavy atom. The highest BCUT2D eigenvalue weighted by atomic mass is 16.6. The molecule has 1 amide bonds. The fourth-order valence-electron chi connectivity index (χ4n) is 2.48. The number of hydrazine groups is 1. The Morgan fingerprint density at radius 1 is 0.880 bits per heavy atom. The average molecular weight is 334 g/mol. The second kappa shape index (κ2) is 6.85. The smallest absolute Gasteiger partial charge is 0.433 e. The molecule has 128 valence electrons. The van der Waals surface area contributed by atoms with Crippen molar-refractivity contribution >= 4 is 28.2 Å². The van der Waals surface area contributed by atoms with Gasteiger partial charge >= 0.3 is 6.09 Å². The normalized spacial score (nSPS) is 11.2. The summed E-state index contributed by atoms with van der Waals surface area (Å²) in [7, 11) is 0. The van der Waals surface area contributed by atoms with E-state index in [1.165, 1.54) is 5.01 Å². The van der Waals surface area contributed by atoms with Crippen LogP contribution in [-0.4, -0.2) is 11.7 Å². The summed E-state index contributed by atoms with van der Waals surface area (Å²) < 4.78 is 5.56. The maximum atomic E-state index is 12.7. The van der Waals surface area contributed by atoms with Crippen molar-refractivity contribution < 1.29 is 9.53 Å². The number of benzene rings is 3. The van der Waals surface area contributed by atoms with E-state index in [4.69, 9.17) is 4.74 Å². The largest absolute Gasteiger partial charge is 0.442 e. The number of hydrogen-bond acceptors (Lipinski definition) is 3. The number of para-hydroxylation sites is 1. The molecule has 0 saturated carbocycles. The lowest BCUT2D eigenvalue weighted by Gasteiger charge is -2.28. The Bertz CT molecular complexity index is 870. The van der Waals surface area contributed by atoms with Crippen LogP contribution in [0, 0.1) is 0 Å². The van der Waals surface area contributed by atoms with E-state index in [1.807, 2.05) is 93.6 Å². The molecule has 0 radical (unpaired) electrons. The molecule has 3 aromatic carbocycles. The predicted molar refractivity (Wildman–Crippen MR) is 103 cm³/mol. The van der Waals surface area contributed by atoms with Gasteiger partial charge in [-0.2, -0.15) is 5.01 Å². The number of hydrogen-bond donors (Lipinski definition) is 1. The number of carbonyl (C=O) groups excluding carboxylic acids is 1. The van der Waals surface area contributed by atoms with Crippen molar-refractivity contribution in [3.05, 3.63) is 72.8 Å². The molecule has 4 heteroatoms. The summed E-state index contributed by atoms with van der Waals surface area (Å²) in [5.41, 5.74) is 4.09. The first-order valence-corrected chi connectivity index (χ1v) is 8.26. The molecule has 4 nitrogen and oxygen atoms in total. The summed E-state index contributed by atoms with van der Waals surface area (Å²) in [5, 5.41) is 3.62. The number of nitrogens with one attached hydrogen (secondary N) is 1. The fraction of sp³-hybridized carbons (Fsp3) is 0.190. The van der Waals surface area contributed by atoms with Gasteiger partial charge in [-0.05, 0) is 55.8 Å². The van der Waals surface area contributed by atoms with Gasteiger partial charge in [0.2, 0.25) is 0 Å². The molecule has 3 aromatic rings. The molecule has 0 aliphatic heterocycles. The van der Waals surface area contributed by atoms with Crippen LogP contribution in [0.25, 0.3) is 10.8 Å². The first-order valence-electron chi connectivity index (χ1n) is 8.26. The number of nitrogens with zero attached hydrogens (tertiary/aromatic N) is 1. The van der Waals surface area contributed by atoms with E-state index >= 15 is 0 Å². The summed E-state index contributed by atoms with van der Waals surface area (Å²) >= 11 is 0. The van der Waals surface area contributed by atoms with Gasteiger partial charge in [0.25, 0.3) is 0 Å². The van der Waals surface area contributed by atoms with Crippen LogP contribution in [0.3, 0.4) is 0 Å². The van der Waals surface area contributed by atoms with Crippen molar-refractivity contribution in [1.82, 2.24) is 0 Å². The van der Waals surface area contributed by atoms with Gasteiger partial charge in [-0.3, -0.25) is 5.43 Å². The predicted octanol–water partition coefficient (Wildman–Crippen LogP) is 5.61. The number of fused-ring (bicyclic) bond motifs is 1. The maximum absolute atomic E-state index is 12.7. The second-order valence-corrected chi connectivity index (χ2v) is 6.83. The van der Waals surface area contributed by atoms with E-state index in [0.29, 0.717) is 0 Å². The van der Waals surface area contributed by atoms with Crippen LogP contribution < -0.4 is 10.4 Å². The second-order valence-electron chi connectivity index (χ2n) is 6.83. The molecule has 0 unspecified atom stereocenters. The first-order chi connectivity index (χ1) is 11.9. The van der Waals surface area contributed by atoms with Gasteiger partial charge in [-0.25, -0.2) is 4.79 Å². The topological polar surface area (TPSA) is 41.6 Å². The van der Waals surface area contributed by atoms with E-state index < -0.39 is 11.7 Å². The van der Waals surface area contributed by atoms with Crippen LogP contribution in [-0.2, 0) is 4.74 Å². The fourth-order valence-corrected chi connectivity index (χ4v) is 2.48. The SMILES string of the molecule is CC(C)(C)OC(=O)N(Nc1ccccc1)c1ccc2ccccc2c1. The van der Waals surface area contributed by atoms with E-state index in [-0.39, 0.29) is 0 Å². The number of amides is 1. The standard InChI is InChI=1S/C21H22N2O2/c1-21(2,3)25-20(24)23(22-18-11-5-4-6-12-18)19-14-13-16-9-7-8-10-17(16)15-19/h4-15,22H,1-3H3. The highest BCUT2D eigenvalue weighted by Crippen LogP contribution is 2.24. The average Bonchev–Trinajstić information content (AvgIpc) is 2.58. The molecule has 0 aliphatic rings. The zero-order valence-corrected chi connectivity index (χ0v) is 14.7. The Kier molecular flexibility index (Phi) is 4.61. The number of ether oxygens (including phenoxy) is 1. The lowest BCUT2D eigenvalue weighted by molar-refractivity contribution is 0.0589. The third kappa shape index (κ3) is 4.29. The Hall–Kier alpha value is -3.01. The zero-order chi connectivity index (χ0) is 17.9. The van der Waals surface area contributed by atoms with Crippen LogP contribution in [0.4, 0.5) is 16.2 Å². The van der Waals surface area contributed by atoms with E-state index in [0.717, 1.165) is 22.1 Å². The van der Waals surface area contributed by atoms with Crippen LogP contribution in [0.2, 0.25) is 0 Å². The quantitative estimate of drug-likeness (QED) is 0.633. The van der Waals surface area contributed by atoms with E-state index in [9.17, 15) is 4.79 Å². The van der Waals surface area contributed by atoms with Gasteiger partial charge in [0.15, 0.2) is 0 Å². The van der Waals surface area contributed by atoms with Crippen LogP contribution in [0.1, 0.15) is 20.8 Å². The van der Waals surface area contributed by atoms with Gasteiger partial charge in [-0.15, -0.1) is 0 Å². The summed E-state index contributed by atoms with van der Waals surface area (Å²) in [6, 6.07) is 23.5. The van der Waals surface area contributed by atoms with Crippen molar-refractivity contribution in [3.8, 4) is 0 Å². The molecule has 0 heterocycles. The van der Waals surface area contributed by atoms with E-state index in [1.54, 1.807) is 0 Å². The molecule has 0 bridgehead atoms. The molecule has 0 saturated heterocycles. The number of anilines is 2. The summed E-state index contributed by atoms with van der Waals surface area (Å²) in [6.45, 7) is 5.56. The molecule has 3 rings (SSSR count). The lowest BCUT2D eigenvalue weighted by atomic mass is 10.1. The minimum Gasteiger partial charge on any atom is -0.442 e. The molecule has 25 heavy (non-hydrogen) atoms.